The van der Waals surface area contributed by atoms with E-state index in [0.717, 1.165) is 38.5 Å². The fraction of sp³-hybridized carbons (Fsp3) is 0.692. The van der Waals surface area contributed by atoms with Crippen LogP contribution in [-0.2, 0) is 19.1 Å². The number of piperidine rings is 2. The number of aromatic nitrogens is 4. The number of alkyl carbamates (subject to hydrolysis) is 2. The molecule has 18 nitrogen and oxygen atoms in total. The van der Waals surface area contributed by atoms with Gasteiger partial charge < -0.3 is 49.7 Å². The van der Waals surface area contributed by atoms with Crippen LogP contribution in [0.2, 0.25) is 0 Å². The van der Waals surface area contributed by atoms with Crippen LogP contribution in [0.1, 0.15) is 124 Å². The number of nitrogens with zero attached hydrogens (tertiary/aromatic N) is 6. The Hall–Kier alpha value is -5.16. The second-order valence-electron chi connectivity index (χ2n) is 16.5. The molecule has 6 heterocycles. The Morgan fingerprint density at radius 1 is 0.649 bits per heavy atom. The minimum atomic E-state index is -0.743. The average Bonchev–Trinajstić information content (AvgIpc) is 4.05. The van der Waals surface area contributed by atoms with Crippen LogP contribution in [0.3, 0.4) is 0 Å². The summed E-state index contributed by atoms with van der Waals surface area (Å²) >= 11 is 0. The molecular weight excluding hydrogens is 736 g/mol. The highest BCUT2D eigenvalue weighted by Crippen LogP contribution is 2.42. The number of imidazole rings is 2. The monoisotopic (exact) mass is 794 g/mol. The summed E-state index contributed by atoms with van der Waals surface area (Å²) in [5, 5.41) is 5.31. The van der Waals surface area contributed by atoms with Crippen molar-refractivity contribution in [2.45, 2.75) is 103 Å². The number of amides is 6. The van der Waals surface area contributed by atoms with E-state index in [0.29, 0.717) is 75.1 Å². The number of rotatable bonds is 10. The summed E-state index contributed by atoms with van der Waals surface area (Å²) in [6.45, 7) is 10.9. The van der Waals surface area contributed by atoms with Crippen LogP contribution in [0.4, 0.5) is 9.59 Å². The molecule has 4 saturated heterocycles. The van der Waals surface area contributed by atoms with E-state index in [-0.39, 0.29) is 53.0 Å². The third-order valence-electron chi connectivity index (χ3n) is 12.3. The molecule has 4 fully saturated rings. The van der Waals surface area contributed by atoms with E-state index in [1.807, 2.05) is 37.5 Å². The van der Waals surface area contributed by atoms with E-state index < -0.39 is 24.3 Å². The number of hydrogen-bond donors (Lipinski definition) is 4. The average molecular weight is 795 g/mol. The van der Waals surface area contributed by atoms with E-state index >= 15 is 0 Å². The highest BCUT2D eigenvalue weighted by Gasteiger charge is 2.42. The second-order valence-corrected chi connectivity index (χ2v) is 16.5. The van der Waals surface area contributed by atoms with Crippen LogP contribution >= 0.6 is 0 Å². The summed E-state index contributed by atoms with van der Waals surface area (Å²) in [6.07, 6.45) is 8.17. The van der Waals surface area contributed by atoms with Gasteiger partial charge in [0.2, 0.25) is 11.8 Å². The van der Waals surface area contributed by atoms with Crippen molar-refractivity contribution in [2.75, 3.05) is 53.5 Å². The Kier molecular flexibility index (Phi) is 12.8. The van der Waals surface area contributed by atoms with Gasteiger partial charge in [-0.3, -0.25) is 19.2 Å². The largest absolute Gasteiger partial charge is 0.453 e. The van der Waals surface area contributed by atoms with E-state index in [1.165, 1.54) is 14.2 Å². The summed E-state index contributed by atoms with van der Waals surface area (Å²) < 4.78 is 9.47. The van der Waals surface area contributed by atoms with Gasteiger partial charge in [-0.2, -0.15) is 0 Å². The molecule has 4 aliphatic rings. The first-order valence-electron chi connectivity index (χ1n) is 20.2. The highest BCUT2D eigenvalue weighted by atomic mass is 16.5. The topological polar surface area (TPSA) is 215 Å². The van der Waals surface area contributed by atoms with Crippen molar-refractivity contribution < 1.29 is 38.2 Å². The molecule has 2 aromatic heterocycles. The number of hydrogen-bond acceptors (Lipinski definition) is 10. The molecule has 0 bridgehead atoms. The molecule has 4 atom stereocenters. The number of ether oxygens (including phenoxy) is 2. The Labute approximate surface area is 333 Å². The van der Waals surface area contributed by atoms with Crippen molar-refractivity contribution in [3.05, 3.63) is 35.4 Å². The molecule has 6 rings (SSSR count). The first-order valence-corrected chi connectivity index (χ1v) is 20.2. The van der Waals surface area contributed by atoms with Crippen LogP contribution in [0.5, 0.6) is 0 Å². The fourth-order valence-corrected chi connectivity index (χ4v) is 8.81. The maximum absolute atomic E-state index is 13.6. The minimum Gasteiger partial charge on any atom is -0.453 e. The zero-order chi connectivity index (χ0) is 41.0. The van der Waals surface area contributed by atoms with Crippen molar-refractivity contribution in [1.82, 2.24) is 50.2 Å². The quantitative estimate of drug-likeness (QED) is 0.275. The van der Waals surface area contributed by atoms with Gasteiger partial charge >= 0.3 is 12.2 Å². The lowest BCUT2D eigenvalue weighted by molar-refractivity contribution is -0.136. The number of nitrogens with one attached hydrogen (secondary N) is 4. The molecule has 312 valence electrons. The van der Waals surface area contributed by atoms with E-state index in [9.17, 15) is 28.8 Å². The van der Waals surface area contributed by atoms with Crippen molar-refractivity contribution in [3.63, 3.8) is 0 Å². The Morgan fingerprint density at radius 2 is 1.02 bits per heavy atom. The van der Waals surface area contributed by atoms with Crippen molar-refractivity contribution >= 4 is 35.8 Å². The van der Waals surface area contributed by atoms with Crippen molar-refractivity contribution in [3.8, 4) is 0 Å². The smallest absolute Gasteiger partial charge is 0.407 e. The SMILES string of the molecule is COC(=O)NC(C(=O)N1CCC[C@H]1c1nc(C(=O)N2CCC3(CC2)CCN(C(=O)c2c[nH]c([C@@H]4CCCN4C(=O)[C@@H](NC(=O)OC)C(C)C)n2)CC3)c[nH]1)C(C)C. The molecular formula is C39H58N10O8. The second kappa shape index (κ2) is 17.5. The molecule has 1 unspecified atom stereocenters. The van der Waals surface area contributed by atoms with E-state index in [2.05, 4.69) is 30.6 Å². The van der Waals surface area contributed by atoms with Gasteiger partial charge in [-0.25, -0.2) is 19.6 Å². The molecule has 6 amide bonds. The molecule has 18 heteroatoms. The minimum absolute atomic E-state index is 0.0346. The molecule has 1 spiro atoms. The van der Waals surface area contributed by atoms with Crippen molar-refractivity contribution in [1.29, 1.82) is 0 Å². The number of methoxy groups -OCH3 is 2. The Bertz CT molecular complexity index is 1660. The summed E-state index contributed by atoms with van der Waals surface area (Å²) in [6, 6.07) is -2.14. The Morgan fingerprint density at radius 3 is 1.35 bits per heavy atom. The number of H-pyrrole nitrogens is 2. The summed E-state index contributed by atoms with van der Waals surface area (Å²) in [5.41, 5.74) is 0.664. The molecule has 57 heavy (non-hydrogen) atoms. The number of aromatic amines is 2. The molecule has 0 aromatic carbocycles. The Balaban J connectivity index is 1.00. The first kappa shape index (κ1) is 41.5. The van der Waals surface area contributed by atoms with Gasteiger partial charge in [0.15, 0.2) is 0 Å². The maximum Gasteiger partial charge on any atom is 0.407 e. The number of carbonyl (C=O) groups is 6. The lowest BCUT2D eigenvalue weighted by Gasteiger charge is -2.46. The predicted molar refractivity (Wildman–Crippen MR) is 206 cm³/mol. The van der Waals surface area contributed by atoms with Crippen LogP contribution < -0.4 is 10.6 Å². The van der Waals surface area contributed by atoms with Gasteiger partial charge in [-0.15, -0.1) is 0 Å². The van der Waals surface area contributed by atoms with Gasteiger partial charge in [0, 0.05) is 51.7 Å². The molecule has 2 aromatic rings. The zero-order valence-corrected chi connectivity index (χ0v) is 34.0. The van der Waals surface area contributed by atoms with Crippen LogP contribution in [0, 0.1) is 17.3 Å². The molecule has 4 aliphatic heterocycles. The van der Waals surface area contributed by atoms with Crippen molar-refractivity contribution in [2.24, 2.45) is 17.3 Å². The molecule has 0 aliphatic carbocycles. The van der Waals surface area contributed by atoms with E-state index in [4.69, 9.17) is 9.47 Å². The summed E-state index contributed by atoms with van der Waals surface area (Å²) in [5.74, 6) is 0.0928. The van der Waals surface area contributed by atoms with Crippen LogP contribution in [0.25, 0.3) is 0 Å². The van der Waals surface area contributed by atoms with Gasteiger partial charge in [0.25, 0.3) is 11.8 Å². The fourth-order valence-electron chi connectivity index (χ4n) is 8.81. The maximum atomic E-state index is 13.6. The summed E-state index contributed by atoms with van der Waals surface area (Å²) in [7, 11) is 2.53. The lowest BCUT2D eigenvalue weighted by atomic mass is 9.71. The number of likely N-dealkylation sites (tertiary alicyclic amines) is 4. The molecule has 0 saturated carbocycles. The standard InChI is InChI=1S/C39H58N10O8/c1-23(2)29(44-37(54)56-5)35(52)48-15-7-9-27(48)31-40-21-25(42-31)33(50)46-17-11-39(12-18-46)13-19-47(20-14-39)34(51)26-22-41-32(43-26)28-10-8-16-49(28)36(53)30(24(3)4)45-38(55)57-6/h21-24,27-30H,7-20H2,1-6H3,(H,40,42)(H,41,43)(H,44,54)(H,45,55)/t27-,28-,29-,30?/m0/s1. The normalized spacial score (nSPS) is 21.8. The van der Waals surface area contributed by atoms with Gasteiger partial charge in [0.05, 0.1) is 26.3 Å². The highest BCUT2D eigenvalue weighted by molar-refractivity contribution is 5.93. The third-order valence-corrected chi connectivity index (χ3v) is 12.3. The van der Waals surface area contributed by atoms with Crippen LogP contribution in [-0.4, -0.2) is 141 Å². The van der Waals surface area contributed by atoms with Gasteiger partial charge in [-0.05, 0) is 68.6 Å². The van der Waals surface area contributed by atoms with Crippen LogP contribution in [0.15, 0.2) is 12.4 Å². The van der Waals surface area contributed by atoms with Gasteiger partial charge in [0.1, 0.15) is 35.1 Å². The third kappa shape index (κ3) is 8.88. The predicted octanol–water partition coefficient (Wildman–Crippen LogP) is 3.38. The number of carbonyl (C=O) groups excluding carboxylic acids is 6. The lowest BCUT2D eigenvalue weighted by Crippen LogP contribution is -2.51. The summed E-state index contributed by atoms with van der Waals surface area (Å²) in [4.78, 5) is 101. The first-order chi connectivity index (χ1) is 27.3. The van der Waals surface area contributed by atoms with E-state index in [1.54, 1.807) is 22.2 Å². The zero-order valence-electron chi connectivity index (χ0n) is 34.0. The molecule has 4 N–H and O–H groups in total. The van der Waals surface area contributed by atoms with Gasteiger partial charge in [-0.1, -0.05) is 27.7 Å². The molecule has 0 radical (unpaired) electrons.